The smallest absolute Gasteiger partial charge is 0.194 e. The Balaban J connectivity index is 0.00000364. The quantitative estimate of drug-likeness (QED) is 0.323. The van der Waals surface area contributed by atoms with Crippen molar-refractivity contribution in [2.24, 2.45) is 4.99 Å². The monoisotopic (exact) mass is 572 g/mol. The van der Waals surface area contributed by atoms with Crippen molar-refractivity contribution in [1.82, 2.24) is 15.1 Å². The summed E-state index contributed by atoms with van der Waals surface area (Å²) in [5, 5.41) is 3.28. The first-order chi connectivity index (χ1) is 12.3. The highest BCUT2D eigenvalue weighted by molar-refractivity contribution is 14.0. The number of nitrogens with zero attached hydrogens (tertiary/aromatic N) is 3. The summed E-state index contributed by atoms with van der Waals surface area (Å²) >= 11 is 3.48. The number of sulfone groups is 1. The van der Waals surface area contributed by atoms with Crippen LogP contribution < -0.4 is 5.32 Å². The third-order valence-corrected chi connectivity index (χ3v) is 6.03. The molecule has 0 saturated carbocycles. The molecule has 0 spiro atoms. The molecule has 0 radical (unpaired) electrons. The van der Waals surface area contributed by atoms with E-state index in [1.807, 2.05) is 6.92 Å². The lowest BCUT2D eigenvalue weighted by Crippen LogP contribution is -2.53. The molecule has 6 nitrogen and oxygen atoms in total. The minimum atomic E-state index is -2.98. The molecule has 0 aromatic heterocycles. The number of guanidine groups is 1. The van der Waals surface area contributed by atoms with Gasteiger partial charge in [0, 0.05) is 49.5 Å². The lowest BCUT2D eigenvalue weighted by atomic mass is 10.1. The average molecular weight is 573 g/mol. The summed E-state index contributed by atoms with van der Waals surface area (Å²) in [5.41, 5.74) is 1.32. The van der Waals surface area contributed by atoms with E-state index in [9.17, 15) is 8.42 Å². The zero-order chi connectivity index (χ0) is 19.2. The Kier molecular flexibility index (Phi) is 10.6. The Morgan fingerprint density at radius 2 is 1.81 bits per heavy atom. The molecule has 0 amide bonds. The Bertz CT molecular complexity index is 705. The fraction of sp³-hybridized carbons (Fsp3) is 0.611. The number of nitrogens with one attached hydrogen (secondary N) is 1. The van der Waals surface area contributed by atoms with Crippen LogP contribution >= 0.6 is 39.9 Å². The third kappa shape index (κ3) is 8.25. The maximum Gasteiger partial charge on any atom is 0.194 e. The molecule has 1 aliphatic heterocycles. The van der Waals surface area contributed by atoms with Gasteiger partial charge in [0.15, 0.2) is 5.96 Å². The van der Waals surface area contributed by atoms with Crippen LogP contribution in [0.2, 0.25) is 0 Å². The molecule has 1 aromatic carbocycles. The van der Waals surface area contributed by atoms with Crippen LogP contribution in [0.5, 0.6) is 0 Å². The van der Waals surface area contributed by atoms with E-state index in [4.69, 9.17) is 0 Å². The van der Waals surface area contributed by atoms with Gasteiger partial charge in [-0.25, -0.2) is 8.42 Å². The van der Waals surface area contributed by atoms with Gasteiger partial charge in [0.05, 0.1) is 12.3 Å². The van der Waals surface area contributed by atoms with Gasteiger partial charge < -0.3 is 10.2 Å². The number of rotatable bonds is 6. The molecule has 154 valence electrons. The van der Waals surface area contributed by atoms with Crippen LogP contribution in [0.3, 0.4) is 0 Å². The van der Waals surface area contributed by atoms with Crippen LogP contribution in [0, 0.1) is 0 Å². The van der Waals surface area contributed by atoms with E-state index < -0.39 is 9.84 Å². The summed E-state index contributed by atoms with van der Waals surface area (Å²) in [6, 6.07) is 8.87. The minimum Gasteiger partial charge on any atom is -0.357 e. The fourth-order valence-electron chi connectivity index (χ4n) is 3.02. The van der Waals surface area contributed by atoms with E-state index in [0.29, 0.717) is 12.6 Å². The van der Waals surface area contributed by atoms with Crippen molar-refractivity contribution in [3.63, 3.8) is 0 Å². The molecule has 1 unspecified atom stereocenters. The van der Waals surface area contributed by atoms with Crippen molar-refractivity contribution < 1.29 is 8.42 Å². The molecule has 1 N–H and O–H groups in total. The second-order valence-corrected chi connectivity index (χ2v) is 9.79. The van der Waals surface area contributed by atoms with Crippen LogP contribution in [0.25, 0.3) is 0 Å². The van der Waals surface area contributed by atoms with Gasteiger partial charge in [0.1, 0.15) is 9.84 Å². The van der Waals surface area contributed by atoms with Gasteiger partial charge in [-0.1, -0.05) is 28.1 Å². The molecule has 2 rings (SSSR count). The highest BCUT2D eigenvalue weighted by atomic mass is 127. The van der Waals surface area contributed by atoms with Gasteiger partial charge in [0.25, 0.3) is 0 Å². The standard InChI is InChI=1S/C18H29BrN4O2S.HI/c1-4-20-18(21-9-14-26(3,24)25)23-12-10-22(11-13-23)15(2)16-5-7-17(19)8-6-16;/h5-8,15H,4,9-14H2,1-3H3,(H,20,21);1H. The number of hydrogen-bond acceptors (Lipinski definition) is 4. The predicted octanol–water partition coefficient (Wildman–Crippen LogP) is 2.76. The second-order valence-electron chi connectivity index (χ2n) is 6.62. The van der Waals surface area contributed by atoms with E-state index in [-0.39, 0.29) is 29.7 Å². The number of halogens is 2. The molecule has 1 heterocycles. The summed E-state index contributed by atoms with van der Waals surface area (Å²) in [6.07, 6.45) is 1.25. The molecule has 0 bridgehead atoms. The average Bonchev–Trinajstić information content (AvgIpc) is 2.60. The number of hydrogen-bond donors (Lipinski definition) is 1. The van der Waals surface area contributed by atoms with Crippen LogP contribution in [0.4, 0.5) is 0 Å². The van der Waals surface area contributed by atoms with Gasteiger partial charge >= 0.3 is 0 Å². The SMILES string of the molecule is CCNC(=NCCS(C)(=O)=O)N1CCN(C(C)c2ccc(Br)cc2)CC1.I. The second kappa shape index (κ2) is 11.6. The Morgan fingerprint density at radius 1 is 1.22 bits per heavy atom. The zero-order valence-corrected chi connectivity index (χ0v) is 20.9. The van der Waals surface area contributed by atoms with Crippen LogP contribution in [-0.2, 0) is 9.84 Å². The summed E-state index contributed by atoms with van der Waals surface area (Å²) in [7, 11) is -2.98. The van der Waals surface area contributed by atoms with E-state index in [2.05, 4.69) is 67.2 Å². The van der Waals surface area contributed by atoms with Gasteiger partial charge in [-0.15, -0.1) is 24.0 Å². The van der Waals surface area contributed by atoms with E-state index in [1.54, 1.807) is 0 Å². The first kappa shape index (κ1) is 24.6. The molecular formula is C18H30BrIN4O2S. The number of aliphatic imine (C=N–C) groups is 1. The molecule has 9 heteroatoms. The zero-order valence-electron chi connectivity index (χ0n) is 16.2. The normalized spacial score (nSPS) is 17.3. The molecule has 1 saturated heterocycles. The maximum absolute atomic E-state index is 11.3. The van der Waals surface area contributed by atoms with Crippen molar-refractivity contribution in [3.8, 4) is 0 Å². The lowest BCUT2D eigenvalue weighted by molar-refractivity contribution is 0.138. The van der Waals surface area contributed by atoms with Crippen molar-refractivity contribution in [2.75, 3.05) is 51.3 Å². The molecule has 1 atom stereocenters. The van der Waals surface area contributed by atoms with Crippen molar-refractivity contribution in [2.45, 2.75) is 19.9 Å². The molecule has 0 aliphatic carbocycles. The summed E-state index contributed by atoms with van der Waals surface area (Å²) < 4.78 is 23.7. The largest absolute Gasteiger partial charge is 0.357 e. The number of piperazine rings is 1. The summed E-state index contributed by atoms with van der Waals surface area (Å²) in [6.45, 7) is 9.00. The topological polar surface area (TPSA) is 65.0 Å². The molecule has 1 aromatic rings. The Hall–Kier alpha value is -0.390. The maximum atomic E-state index is 11.3. The highest BCUT2D eigenvalue weighted by Crippen LogP contribution is 2.23. The molecular weight excluding hydrogens is 543 g/mol. The fourth-order valence-corrected chi connectivity index (χ4v) is 3.70. The van der Waals surface area contributed by atoms with Crippen LogP contribution in [0.15, 0.2) is 33.7 Å². The van der Waals surface area contributed by atoms with Crippen molar-refractivity contribution in [1.29, 1.82) is 0 Å². The highest BCUT2D eigenvalue weighted by Gasteiger charge is 2.23. The molecule has 1 fully saturated rings. The third-order valence-electron chi connectivity index (χ3n) is 4.57. The lowest BCUT2D eigenvalue weighted by Gasteiger charge is -2.39. The van der Waals surface area contributed by atoms with Gasteiger partial charge in [-0.3, -0.25) is 9.89 Å². The van der Waals surface area contributed by atoms with E-state index in [1.165, 1.54) is 11.8 Å². The van der Waals surface area contributed by atoms with Crippen molar-refractivity contribution in [3.05, 3.63) is 34.3 Å². The first-order valence-electron chi connectivity index (χ1n) is 9.00. The van der Waals surface area contributed by atoms with E-state index in [0.717, 1.165) is 43.2 Å². The first-order valence-corrected chi connectivity index (χ1v) is 11.9. The minimum absolute atomic E-state index is 0. The Morgan fingerprint density at radius 3 is 2.33 bits per heavy atom. The van der Waals surface area contributed by atoms with Gasteiger partial charge in [-0.2, -0.15) is 0 Å². The summed E-state index contributed by atoms with van der Waals surface area (Å²) in [5.74, 6) is 0.898. The Labute approximate surface area is 188 Å². The van der Waals surface area contributed by atoms with Gasteiger partial charge in [0.2, 0.25) is 0 Å². The molecule has 27 heavy (non-hydrogen) atoms. The van der Waals surface area contributed by atoms with Gasteiger partial charge in [-0.05, 0) is 31.5 Å². The number of benzene rings is 1. The van der Waals surface area contributed by atoms with E-state index >= 15 is 0 Å². The summed E-state index contributed by atoms with van der Waals surface area (Å²) in [4.78, 5) is 9.18. The molecule has 1 aliphatic rings. The van der Waals surface area contributed by atoms with Crippen LogP contribution in [-0.4, -0.2) is 75.5 Å². The van der Waals surface area contributed by atoms with Crippen LogP contribution in [0.1, 0.15) is 25.5 Å². The van der Waals surface area contributed by atoms with Crippen molar-refractivity contribution >= 4 is 55.7 Å². The predicted molar refractivity (Wildman–Crippen MR) is 127 cm³/mol.